The molecular formula is C28H35FN4O7S. The highest BCUT2D eigenvalue weighted by atomic mass is 32.2. The SMILES string of the molecule is CN1CCCC/C=C/[C@@H]2C[C@@]2(C(=O)NS(=O)(=O)C2CC2)NC(=O)[C@@H]2C[C@@H](OC(=O)Nc3cccc(F)c3)C[C@H]2C1=O. The van der Waals surface area contributed by atoms with Crippen LogP contribution in [0.1, 0.15) is 51.4 Å². The monoisotopic (exact) mass is 590 g/mol. The van der Waals surface area contributed by atoms with Crippen LogP contribution >= 0.6 is 0 Å². The molecule has 5 atom stereocenters. The van der Waals surface area contributed by atoms with Crippen LogP contribution in [0.3, 0.4) is 0 Å². The van der Waals surface area contributed by atoms with Crippen molar-refractivity contribution in [1.82, 2.24) is 14.9 Å². The van der Waals surface area contributed by atoms with Gasteiger partial charge in [0.25, 0.3) is 5.91 Å². The number of benzene rings is 1. The molecule has 13 heteroatoms. The number of ether oxygens (including phenoxy) is 1. The van der Waals surface area contributed by atoms with Gasteiger partial charge in [0.1, 0.15) is 17.5 Å². The van der Waals surface area contributed by atoms with Crippen LogP contribution in [-0.2, 0) is 29.1 Å². The molecule has 5 rings (SSSR count). The summed E-state index contributed by atoms with van der Waals surface area (Å²) in [5.74, 6) is -4.25. The zero-order chi connectivity index (χ0) is 29.4. The molecule has 0 bridgehead atoms. The summed E-state index contributed by atoms with van der Waals surface area (Å²) in [4.78, 5) is 54.6. The van der Waals surface area contributed by atoms with Crippen LogP contribution in [0.5, 0.6) is 0 Å². The summed E-state index contributed by atoms with van der Waals surface area (Å²) in [6.45, 7) is 0.498. The average molecular weight is 591 g/mol. The van der Waals surface area contributed by atoms with Gasteiger partial charge in [-0.1, -0.05) is 18.2 Å². The molecule has 41 heavy (non-hydrogen) atoms. The van der Waals surface area contributed by atoms with Crippen molar-refractivity contribution in [3.63, 3.8) is 0 Å². The molecule has 0 radical (unpaired) electrons. The molecule has 3 aliphatic carbocycles. The lowest BCUT2D eigenvalue weighted by atomic mass is 9.93. The topological polar surface area (TPSA) is 151 Å². The Kier molecular flexibility index (Phi) is 8.09. The molecule has 222 valence electrons. The van der Waals surface area contributed by atoms with Crippen LogP contribution in [0.25, 0.3) is 0 Å². The molecule has 1 heterocycles. The van der Waals surface area contributed by atoms with E-state index in [2.05, 4.69) is 15.4 Å². The largest absolute Gasteiger partial charge is 0.446 e. The maximum absolute atomic E-state index is 13.7. The number of sulfonamides is 1. The molecule has 1 aromatic carbocycles. The van der Waals surface area contributed by atoms with Crippen LogP contribution in [-0.4, -0.2) is 67.6 Å². The van der Waals surface area contributed by atoms with E-state index in [1.54, 1.807) is 11.9 Å². The summed E-state index contributed by atoms with van der Waals surface area (Å²) in [5, 5.41) is 4.64. The summed E-state index contributed by atoms with van der Waals surface area (Å²) < 4.78 is 46.2. The molecule has 1 aromatic rings. The second-order valence-corrected chi connectivity index (χ2v) is 13.4. The lowest BCUT2D eigenvalue weighted by Crippen LogP contribution is -2.54. The van der Waals surface area contributed by atoms with Gasteiger partial charge >= 0.3 is 6.09 Å². The minimum absolute atomic E-state index is 0.0330. The Morgan fingerprint density at radius 3 is 2.63 bits per heavy atom. The van der Waals surface area contributed by atoms with Crippen LogP contribution in [0, 0.1) is 23.6 Å². The number of allylic oxidation sites excluding steroid dienone is 1. The molecule has 3 saturated carbocycles. The summed E-state index contributed by atoms with van der Waals surface area (Å²) in [6.07, 6.45) is 5.74. The van der Waals surface area contributed by atoms with E-state index < -0.39 is 62.5 Å². The highest BCUT2D eigenvalue weighted by molar-refractivity contribution is 7.91. The fourth-order valence-corrected chi connectivity index (χ4v) is 7.12. The molecule has 0 unspecified atom stereocenters. The third-order valence-electron chi connectivity index (χ3n) is 8.34. The number of rotatable bonds is 5. The number of carbonyl (C=O) groups is 4. The van der Waals surface area contributed by atoms with Crippen molar-refractivity contribution in [2.75, 3.05) is 18.9 Å². The maximum atomic E-state index is 13.7. The quantitative estimate of drug-likeness (QED) is 0.446. The number of fused-ring (bicyclic) bond motifs is 2. The second-order valence-electron chi connectivity index (χ2n) is 11.5. The average Bonchev–Trinajstić information content (AvgIpc) is 3.82. The number of hydrogen-bond acceptors (Lipinski definition) is 7. The molecule has 11 nitrogen and oxygen atoms in total. The first kappa shape index (κ1) is 29.0. The first-order valence-corrected chi connectivity index (χ1v) is 15.6. The lowest BCUT2D eigenvalue weighted by molar-refractivity contribution is -0.140. The number of anilines is 1. The van der Waals surface area contributed by atoms with Crippen molar-refractivity contribution >= 4 is 39.5 Å². The fraction of sp³-hybridized carbons (Fsp3) is 0.571. The van der Waals surface area contributed by atoms with Gasteiger partial charge in [-0.15, -0.1) is 0 Å². The van der Waals surface area contributed by atoms with Crippen molar-refractivity contribution in [2.45, 2.75) is 68.3 Å². The van der Waals surface area contributed by atoms with Crippen molar-refractivity contribution in [3.05, 3.63) is 42.2 Å². The molecule has 3 fully saturated rings. The number of amides is 4. The fourth-order valence-electron chi connectivity index (χ4n) is 5.76. The first-order chi connectivity index (χ1) is 19.5. The molecule has 0 aromatic heterocycles. The van der Waals surface area contributed by atoms with E-state index in [1.165, 1.54) is 18.2 Å². The van der Waals surface area contributed by atoms with E-state index in [9.17, 15) is 32.0 Å². The lowest BCUT2D eigenvalue weighted by Gasteiger charge is -2.26. The molecule has 4 aliphatic rings. The number of hydrogen-bond donors (Lipinski definition) is 3. The number of nitrogens with zero attached hydrogens (tertiary/aromatic N) is 1. The number of carbonyl (C=O) groups excluding carboxylic acids is 4. The summed E-state index contributed by atoms with van der Waals surface area (Å²) >= 11 is 0. The first-order valence-electron chi connectivity index (χ1n) is 14.0. The highest BCUT2D eigenvalue weighted by Crippen LogP contribution is 2.47. The Hall–Kier alpha value is -3.48. The van der Waals surface area contributed by atoms with Gasteiger partial charge in [0, 0.05) is 25.2 Å². The van der Waals surface area contributed by atoms with Crippen molar-refractivity contribution in [3.8, 4) is 0 Å². The Labute approximate surface area is 238 Å². The van der Waals surface area contributed by atoms with Crippen LogP contribution in [0.4, 0.5) is 14.9 Å². The molecule has 0 saturated heterocycles. The highest BCUT2D eigenvalue weighted by Gasteiger charge is 2.62. The zero-order valence-corrected chi connectivity index (χ0v) is 23.6. The van der Waals surface area contributed by atoms with Gasteiger partial charge in [0.05, 0.1) is 17.1 Å². The van der Waals surface area contributed by atoms with Gasteiger partial charge < -0.3 is 15.0 Å². The Morgan fingerprint density at radius 1 is 1.15 bits per heavy atom. The van der Waals surface area contributed by atoms with E-state index in [0.29, 0.717) is 25.8 Å². The summed E-state index contributed by atoms with van der Waals surface area (Å²) in [5.41, 5.74) is -1.24. The minimum atomic E-state index is -3.83. The van der Waals surface area contributed by atoms with Crippen molar-refractivity contribution < 1.29 is 36.7 Å². The standard InChI is InChI=1S/C28H35FN4O7S/c1-33-12-5-3-2-4-7-17-16-28(17,26(36)32-41(38,39)21-10-11-21)31-24(34)22-14-20(15-23(22)25(33)35)40-27(37)30-19-9-6-8-18(29)13-19/h4,6-9,13,17,20-23H,2-3,5,10-12,14-16H2,1H3,(H,30,37)(H,31,34)(H,32,36)/b7-4+/t17-,20-,22-,23-,28-/m1/s1. The van der Waals surface area contributed by atoms with Crippen LogP contribution in [0.2, 0.25) is 0 Å². The van der Waals surface area contributed by atoms with Gasteiger partial charge in [0.15, 0.2) is 0 Å². The van der Waals surface area contributed by atoms with Gasteiger partial charge in [-0.25, -0.2) is 17.6 Å². The van der Waals surface area contributed by atoms with Crippen molar-refractivity contribution in [1.29, 1.82) is 0 Å². The van der Waals surface area contributed by atoms with E-state index in [4.69, 9.17) is 4.74 Å². The van der Waals surface area contributed by atoms with Crippen molar-refractivity contribution in [2.24, 2.45) is 17.8 Å². The normalized spacial score (nSPS) is 31.1. The summed E-state index contributed by atoms with van der Waals surface area (Å²) in [6, 6.07) is 5.30. The van der Waals surface area contributed by atoms with Gasteiger partial charge in [-0.3, -0.25) is 24.4 Å². The van der Waals surface area contributed by atoms with Gasteiger partial charge in [0.2, 0.25) is 21.8 Å². The van der Waals surface area contributed by atoms with Crippen LogP contribution in [0.15, 0.2) is 36.4 Å². The smallest absolute Gasteiger partial charge is 0.411 e. The molecule has 1 aliphatic heterocycles. The van der Waals surface area contributed by atoms with E-state index in [-0.39, 0.29) is 36.8 Å². The predicted molar refractivity (Wildman–Crippen MR) is 146 cm³/mol. The zero-order valence-electron chi connectivity index (χ0n) is 22.8. The third kappa shape index (κ3) is 6.55. The molecule has 4 amide bonds. The van der Waals surface area contributed by atoms with Gasteiger partial charge in [-0.05, 0) is 69.6 Å². The molecule has 3 N–H and O–H groups in total. The molecule has 0 spiro atoms. The second kappa shape index (κ2) is 11.4. The predicted octanol–water partition coefficient (Wildman–Crippen LogP) is 2.45. The van der Waals surface area contributed by atoms with E-state index in [1.807, 2.05) is 12.2 Å². The van der Waals surface area contributed by atoms with Gasteiger partial charge in [-0.2, -0.15) is 0 Å². The van der Waals surface area contributed by atoms with Crippen LogP contribution < -0.4 is 15.4 Å². The Bertz CT molecular complexity index is 1360. The summed E-state index contributed by atoms with van der Waals surface area (Å²) in [7, 11) is -2.17. The Balaban J connectivity index is 1.34. The minimum Gasteiger partial charge on any atom is -0.446 e. The number of halogens is 1. The molecular weight excluding hydrogens is 555 g/mol. The Morgan fingerprint density at radius 2 is 1.90 bits per heavy atom. The maximum Gasteiger partial charge on any atom is 0.411 e. The van der Waals surface area contributed by atoms with E-state index in [0.717, 1.165) is 18.9 Å². The van der Waals surface area contributed by atoms with E-state index >= 15 is 0 Å². The number of nitrogens with one attached hydrogen (secondary N) is 3. The third-order valence-corrected chi connectivity index (χ3v) is 10.2.